The van der Waals surface area contributed by atoms with Crippen molar-refractivity contribution in [3.8, 4) is 11.6 Å². The molecule has 8 nitrogen and oxygen atoms in total. The van der Waals surface area contributed by atoms with E-state index in [9.17, 15) is 9.90 Å². The molecule has 3 rings (SSSR count). The number of anilines is 2. The van der Waals surface area contributed by atoms with Crippen LogP contribution in [0.15, 0.2) is 30.5 Å². The third-order valence-corrected chi connectivity index (χ3v) is 3.94. The van der Waals surface area contributed by atoms with Crippen LogP contribution in [0.1, 0.15) is 29.9 Å². The first-order valence-electron chi connectivity index (χ1n) is 8.54. The second-order valence-electron chi connectivity index (χ2n) is 5.64. The first-order valence-corrected chi connectivity index (χ1v) is 8.54. The normalized spacial score (nSPS) is 10.6. The Morgan fingerprint density at radius 1 is 1.19 bits per heavy atom. The zero-order valence-corrected chi connectivity index (χ0v) is 15.3. The number of fused-ring (bicyclic) bond motifs is 1. The van der Waals surface area contributed by atoms with Crippen molar-refractivity contribution in [2.45, 2.75) is 20.3 Å². The minimum atomic E-state index is -1.10. The van der Waals surface area contributed by atoms with Crippen molar-refractivity contribution in [1.29, 1.82) is 0 Å². The van der Waals surface area contributed by atoms with E-state index in [1.165, 1.54) is 6.20 Å². The van der Waals surface area contributed by atoms with Crippen molar-refractivity contribution in [2.24, 2.45) is 0 Å². The molecule has 140 valence electrons. The van der Waals surface area contributed by atoms with E-state index >= 15 is 0 Å². The summed E-state index contributed by atoms with van der Waals surface area (Å²) in [7, 11) is 1.58. The summed E-state index contributed by atoms with van der Waals surface area (Å²) in [5, 5.41) is 12.7. The van der Waals surface area contributed by atoms with E-state index in [1.54, 1.807) is 31.4 Å². The Morgan fingerprint density at radius 2 is 1.93 bits per heavy atom. The van der Waals surface area contributed by atoms with Crippen LogP contribution in [0, 0.1) is 0 Å². The highest BCUT2D eigenvalue weighted by Crippen LogP contribution is 2.30. The molecule has 0 bridgehead atoms. The monoisotopic (exact) mass is 368 g/mol. The molecule has 8 heteroatoms. The fourth-order valence-corrected chi connectivity index (χ4v) is 2.61. The maximum absolute atomic E-state index is 11.7. The molecule has 0 radical (unpaired) electrons. The smallest absolute Gasteiger partial charge is 0.339 e. The third-order valence-electron chi connectivity index (χ3n) is 3.94. The average Bonchev–Trinajstić information content (AvgIpc) is 2.68. The van der Waals surface area contributed by atoms with Crippen LogP contribution in [0.5, 0.6) is 11.6 Å². The van der Waals surface area contributed by atoms with Gasteiger partial charge < -0.3 is 19.9 Å². The van der Waals surface area contributed by atoms with Gasteiger partial charge in [-0.2, -0.15) is 4.98 Å². The number of nitrogens with zero attached hydrogens (tertiary/aromatic N) is 3. The average molecular weight is 368 g/mol. The highest BCUT2D eigenvalue weighted by molar-refractivity contribution is 6.03. The van der Waals surface area contributed by atoms with Gasteiger partial charge in [-0.15, -0.1) is 0 Å². The molecule has 3 aromatic rings. The Kier molecular flexibility index (Phi) is 5.35. The van der Waals surface area contributed by atoms with Crippen LogP contribution in [-0.4, -0.2) is 39.7 Å². The molecule has 2 N–H and O–H groups in total. The van der Waals surface area contributed by atoms with Crippen LogP contribution < -0.4 is 14.8 Å². The molecule has 2 aromatic heterocycles. The molecule has 0 saturated carbocycles. The molecule has 0 unspecified atom stereocenters. The summed E-state index contributed by atoms with van der Waals surface area (Å²) in [4.78, 5) is 24.9. The van der Waals surface area contributed by atoms with Gasteiger partial charge in [-0.25, -0.2) is 14.8 Å². The van der Waals surface area contributed by atoms with Gasteiger partial charge in [0.1, 0.15) is 22.5 Å². The minimum Gasteiger partial charge on any atom is -0.497 e. The van der Waals surface area contributed by atoms with Gasteiger partial charge in [0.25, 0.3) is 0 Å². The number of ether oxygens (including phenoxy) is 2. The van der Waals surface area contributed by atoms with E-state index in [0.29, 0.717) is 52.9 Å². The number of nitrogens with one attached hydrogen (secondary N) is 1. The first kappa shape index (κ1) is 18.4. The summed E-state index contributed by atoms with van der Waals surface area (Å²) >= 11 is 0. The van der Waals surface area contributed by atoms with Crippen LogP contribution in [0.4, 0.5) is 11.4 Å². The Hall–Kier alpha value is -3.42. The third kappa shape index (κ3) is 3.74. The van der Waals surface area contributed by atoms with Crippen LogP contribution in [-0.2, 0) is 6.42 Å². The number of aryl methyl sites for hydroxylation is 1. The topological polar surface area (TPSA) is 106 Å². The number of methoxy groups -OCH3 is 1. The second kappa shape index (κ2) is 7.86. The van der Waals surface area contributed by atoms with Crippen molar-refractivity contribution in [1.82, 2.24) is 15.0 Å². The lowest BCUT2D eigenvalue weighted by Crippen LogP contribution is -2.09. The molecule has 0 aliphatic heterocycles. The Bertz CT molecular complexity index is 974. The van der Waals surface area contributed by atoms with Gasteiger partial charge >= 0.3 is 5.97 Å². The maximum Gasteiger partial charge on any atom is 0.339 e. The molecular formula is C19H20N4O4. The lowest BCUT2D eigenvalue weighted by Gasteiger charge is -2.14. The summed E-state index contributed by atoms with van der Waals surface area (Å²) in [6.45, 7) is 4.25. The maximum atomic E-state index is 11.7. The van der Waals surface area contributed by atoms with Gasteiger partial charge in [-0.05, 0) is 37.6 Å². The van der Waals surface area contributed by atoms with Gasteiger partial charge in [-0.1, -0.05) is 6.92 Å². The molecule has 1 aromatic carbocycles. The summed E-state index contributed by atoms with van der Waals surface area (Å²) in [5.41, 5.74) is 2.38. The fourth-order valence-electron chi connectivity index (χ4n) is 2.61. The molecule has 0 saturated heterocycles. The standard InChI is InChI=1S/C19H20N4O4/c1-4-14-18(27-5-2)23-17-16(22-14)15(13(10-20-17)19(24)25)21-11-6-8-12(26-3)9-7-11/h6-10H,4-5H2,1-3H3,(H,24,25)(H,20,21,23). The molecule has 0 amide bonds. The van der Waals surface area contributed by atoms with Gasteiger partial charge in [0.05, 0.1) is 19.4 Å². The fraction of sp³-hybridized carbons (Fsp3) is 0.263. The Balaban J connectivity index is 2.16. The molecular weight excluding hydrogens is 348 g/mol. The summed E-state index contributed by atoms with van der Waals surface area (Å²) < 4.78 is 10.7. The van der Waals surface area contributed by atoms with E-state index < -0.39 is 5.97 Å². The van der Waals surface area contributed by atoms with Crippen LogP contribution >= 0.6 is 0 Å². The van der Waals surface area contributed by atoms with Crippen molar-refractivity contribution in [2.75, 3.05) is 19.0 Å². The number of carbonyl (C=O) groups is 1. The SMILES string of the molecule is CCOc1nc2ncc(C(=O)O)c(Nc3ccc(OC)cc3)c2nc1CC. The zero-order valence-electron chi connectivity index (χ0n) is 15.3. The molecule has 27 heavy (non-hydrogen) atoms. The molecule has 0 spiro atoms. The summed E-state index contributed by atoms with van der Waals surface area (Å²) in [6.07, 6.45) is 1.87. The molecule has 2 heterocycles. The van der Waals surface area contributed by atoms with Crippen molar-refractivity contribution in [3.05, 3.63) is 41.7 Å². The van der Waals surface area contributed by atoms with E-state index in [0.717, 1.165) is 0 Å². The van der Waals surface area contributed by atoms with Crippen LogP contribution in [0.3, 0.4) is 0 Å². The first-order chi connectivity index (χ1) is 13.1. The largest absolute Gasteiger partial charge is 0.497 e. The number of carboxylic acid groups (broad SMARTS) is 1. The molecule has 0 atom stereocenters. The number of hydrogen-bond donors (Lipinski definition) is 2. The Labute approximate surface area is 156 Å². The van der Waals surface area contributed by atoms with Crippen molar-refractivity contribution in [3.63, 3.8) is 0 Å². The van der Waals surface area contributed by atoms with E-state index in [1.807, 2.05) is 13.8 Å². The van der Waals surface area contributed by atoms with Gasteiger partial charge in [0.2, 0.25) is 5.88 Å². The number of benzene rings is 1. The van der Waals surface area contributed by atoms with Crippen molar-refractivity contribution < 1.29 is 19.4 Å². The lowest BCUT2D eigenvalue weighted by molar-refractivity contribution is 0.0697. The van der Waals surface area contributed by atoms with Crippen LogP contribution in [0.2, 0.25) is 0 Å². The number of aromatic carboxylic acids is 1. The summed E-state index contributed by atoms with van der Waals surface area (Å²) in [5.74, 6) is 0.0145. The zero-order chi connectivity index (χ0) is 19.4. The van der Waals surface area contributed by atoms with Gasteiger partial charge in [0.15, 0.2) is 5.65 Å². The number of hydrogen-bond acceptors (Lipinski definition) is 7. The Morgan fingerprint density at radius 3 is 2.52 bits per heavy atom. The van der Waals surface area contributed by atoms with E-state index in [-0.39, 0.29) is 5.56 Å². The molecule has 0 aliphatic rings. The predicted octanol–water partition coefficient (Wildman–Crippen LogP) is 3.44. The minimum absolute atomic E-state index is 0.0128. The summed E-state index contributed by atoms with van der Waals surface area (Å²) in [6, 6.07) is 7.14. The number of pyridine rings is 1. The van der Waals surface area contributed by atoms with E-state index in [2.05, 4.69) is 20.3 Å². The lowest BCUT2D eigenvalue weighted by atomic mass is 10.2. The van der Waals surface area contributed by atoms with Gasteiger partial charge in [0, 0.05) is 11.9 Å². The highest BCUT2D eigenvalue weighted by Gasteiger charge is 2.19. The van der Waals surface area contributed by atoms with Crippen molar-refractivity contribution >= 4 is 28.5 Å². The molecule has 0 aliphatic carbocycles. The molecule has 0 fully saturated rings. The number of carboxylic acids is 1. The van der Waals surface area contributed by atoms with Crippen LogP contribution in [0.25, 0.3) is 11.2 Å². The van der Waals surface area contributed by atoms with Gasteiger partial charge in [-0.3, -0.25) is 0 Å². The predicted molar refractivity (Wildman–Crippen MR) is 101 cm³/mol. The second-order valence-corrected chi connectivity index (χ2v) is 5.64. The number of aromatic nitrogens is 3. The number of rotatable bonds is 7. The highest BCUT2D eigenvalue weighted by atomic mass is 16.5. The van der Waals surface area contributed by atoms with E-state index in [4.69, 9.17) is 9.47 Å². The quantitative estimate of drug-likeness (QED) is 0.653.